The van der Waals surface area contributed by atoms with E-state index in [2.05, 4.69) is 13.2 Å². The number of esters is 1. The highest BCUT2D eigenvalue weighted by molar-refractivity contribution is 5.70. The molecule has 136 valence electrons. The Kier molecular flexibility index (Phi) is 6.22. The minimum Gasteiger partial charge on any atom is -0.455 e. The smallest absolute Gasteiger partial charge is 0.412 e. The Bertz CT molecular complexity index is 506. The van der Waals surface area contributed by atoms with E-state index in [1.54, 1.807) is 45.6 Å². The van der Waals surface area contributed by atoms with Crippen molar-refractivity contribution < 1.29 is 23.8 Å². The zero-order valence-electron chi connectivity index (χ0n) is 15.5. The van der Waals surface area contributed by atoms with Gasteiger partial charge in [0.1, 0.15) is 23.5 Å². The second kappa shape index (κ2) is 7.38. The van der Waals surface area contributed by atoms with Gasteiger partial charge in [0.05, 0.1) is 6.04 Å². The summed E-state index contributed by atoms with van der Waals surface area (Å²) in [6, 6.07) is -0.380. The van der Waals surface area contributed by atoms with Crippen molar-refractivity contribution in [2.45, 2.75) is 77.5 Å². The largest absolute Gasteiger partial charge is 0.455 e. The first kappa shape index (κ1) is 20.2. The van der Waals surface area contributed by atoms with Crippen LogP contribution in [0.4, 0.5) is 4.79 Å². The first-order valence-electron chi connectivity index (χ1n) is 8.03. The number of rotatable bonds is 5. The van der Waals surface area contributed by atoms with Crippen LogP contribution < -0.4 is 0 Å². The van der Waals surface area contributed by atoms with Crippen LogP contribution in [0.15, 0.2) is 25.3 Å². The Morgan fingerprint density at radius 2 is 1.92 bits per heavy atom. The normalized spacial score (nSPS) is 24.2. The molecule has 0 radical (unpaired) electrons. The molecule has 0 aromatic carbocycles. The fourth-order valence-electron chi connectivity index (χ4n) is 2.82. The Balaban J connectivity index is 3.17. The lowest BCUT2D eigenvalue weighted by molar-refractivity contribution is -0.154. The van der Waals surface area contributed by atoms with Crippen molar-refractivity contribution in [3.63, 3.8) is 0 Å². The van der Waals surface area contributed by atoms with Crippen molar-refractivity contribution in [1.82, 2.24) is 4.90 Å². The van der Waals surface area contributed by atoms with Gasteiger partial charge in [-0.3, -0.25) is 9.69 Å². The molecule has 1 fully saturated rings. The summed E-state index contributed by atoms with van der Waals surface area (Å²) in [6.07, 6.45) is 1.99. The average molecular weight is 339 g/mol. The van der Waals surface area contributed by atoms with Crippen LogP contribution in [0.5, 0.6) is 0 Å². The Morgan fingerprint density at radius 1 is 1.33 bits per heavy atom. The van der Waals surface area contributed by atoms with Crippen LogP contribution in [-0.4, -0.2) is 46.5 Å². The molecular formula is C18H29NO5. The summed E-state index contributed by atoms with van der Waals surface area (Å²) in [7, 11) is 0. The first-order chi connectivity index (χ1) is 10.9. The summed E-state index contributed by atoms with van der Waals surface area (Å²) in [5.41, 5.74) is -1.54. The minimum atomic E-state index is -0.915. The van der Waals surface area contributed by atoms with E-state index >= 15 is 0 Å². The number of amides is 1. The fraction of sp³-hybridized carbons (Fsp3) is 0.667. The van der Waals surface area contributed by atoms with E-state index in [0.717, 1.165) is 0 Å². The van der Waals surface area contributed by atoms with Crippen molar-refractivity contribution in [2.75, 3.05) is 0 Å². The molecule has 0 saturated carbocycles. The van der Waals surface area contributed by atoms with E-state index in [1.165, 1.54) is 13.0 Å². The number of carbonyl (C=O) groups is 2. The molecule has 1 saturated heterocycles. The number of nitrogens with zero attached hydrogens (tertiary/aromatic N) is 1. The summed E-state index contributed by atoms with van der Waals surface area (Å²) < 4.78 is 16.8. The number of carbonyl (C=O) groups excluding carboxylic acids is 2. The minimum absolute atomic E-state index is 0.380. The zero-order chi connectivity index (χ0) is 18.7. The van der Waals surface area contributed by atoms with Crippen LogP contribution in [0.1, 0.15) is 48.0 Å². The van der Waals surface area contributed by atoms with Gasteiger partial charge in [0.25, 0.3) is 0 Å². The molecule has 1 amide bonds. The van der Waals surface area contributed by atoms with Gasteiger partial charge in [-0.05, 0) is 47.1 Å². The fourth-order valence-corrected chi connectivity index (χ4v) is 2.82. The van der Waals surface area contributed by atoms with E-state index in [-0.39, 0.29) is 6.04 Å². The monoisotopic (exact) mass is 339 g/mol. The Morgan fingerprint density at radius 3 is 2.33 bits per heavy atom. The second-order valence-electron chi connectivity index (χ2n) is 7.28. The molecule has 0 aliphatic carbocycles. The summed E-state index contributed by atoms with van der Waals surface area (Å²) in [5.74, 6) is -0.436. The molecule has 0 N–H and O–H groups in total. The highest BCUT2D eigenvalue weighted by Crippen LogP contribution is 2.37. The molecule has 1 rings (SSSR count). The van der Waals surface area contributed by atoms with Crippen molar-refractivity contribution in [1.29, 1.82) is 0 Å². The standard InChI is InChI=1S/C18H29NO5/c1-9-11-13-15(14(10-2)22-12(3)20)23-18(7,8)19(13)16(21)24-17(4,5)6/h9-10,13-15H,1-2,11H2,3-8H3/t13-,14-,15+/m1/s1. The lowest BCUT2D eigenvalue weighted by atomic mass is 10.0. The van der Waals surface area contributed by atoms with E-state index in [1.807, 2.05) is 0 Å². The molecule has 1 heterocycles. The first-order valence-corrected chi connectivity index (χ1v) is 8.03. The van der Waals surface area contributed by atoms with Crippen LogP contribution in [0.2, 0.25) is 0 Å². The third-order valence-electron chi connectivity index (χ3n) is 3.57. The van der Waals surface area contributed by atoms with E-state index in [9.17, 15) is 9.59 Å². The molecular weight excluding hydrogens is 310 g/mol. The summed E-state index contributed by atoms with van der Waals surface area (Å²) in [4.78, 5) is 25.6. The van der Waals surface area contributed by atoms with Gasteiger partial charge in [-0.25, -0.2) is 4.79 Å². The highest BCUT2D eigenvalue weighted by atomic mass is 16.6. The molecule has 0 bridgehead atoms. The van der Waals surface area contributed by atoms with E-state index < -0.39 is 35.6 Å². The van der Waals surface area contributed by atoms with Gasteiger partial charge in [-0.2, -0.15) is 0 Å². The molecule has 6 heteroatoms. The Hall–Kier alpha value is -1.82. The van der Waals surface area contributed by atoms with Gasteiger partial charge < -0.3 is 14.2 Å². The lowest BCUT2D eigenvalue weighted by Crippen LogP contribution is -2.50. The molecule has 3 atom stereocenters. The van der Waals surface area contributed by atoms with Gasteiger partial charge in [0.15, 0.2) is 0 Å². The summed E-state index contributed by atoms with van der Waals surface area (Å²) >= 11 is 0. The number of ether oxygens (including phenoxy) is 3. The third-order valence-corrected chi connectivity index (χ3v) is 3.57. The zero-order valence-corrected chi connectivity index (χ0v) is 15.5. The quantitative estimate of drug-likeness (QED) is 0.567. The maximum absolute atomic E-state index is 12.7. The molecule has 6 nitrogen and oxygen atoms in total. The molecule has 0 spiro atoms. The predicted molar refractivity (Wildman–Crippen MR) is 91.4 cm³/mol. The van der Waals surface area contributed by atoms with Crippen molar-refractivity contribution in [3.05, 3.63) is 25.3 Å². The lowest BCUT2D eigenvalue weighted by Gasteiger charge is -2.35. The molecule has 0 aromatic heterocycles. The molecule has 0 unspecified atom stereocenters. The van der Waals surface area contributed by atoms with Crippen LogP contribution in [0.25, 0.3) is 0 Å². The van der Waals surface area contributed by atoms with Crippen LogP contribution in [-0.2, 0) is 19.0 Å². The summed E-state index contributed by atoms with van der Waals surface area (Å²) in [6.45, 7) is 17.8. The van der Waals surface area contributed by atoms with Crippen LogP contribution >= 0.6 is 0 Å². The van der Waals surface area contributed by atoms with Crippen molar-refractivity contribution in [2.24, 2.45) is 0 Å². The average Bonchev–Trinajstić information content (AvgIpc) is 2.65. The number of hydrogen-bond acceptors (Lipinski definition) is 5. The molecule has 0 aromatic rings. The van der Waals surface area contributed by atoms with Crippen molar-refractivity contribution >= 4 is 12.1 Å². The van der Waals surface area contributed by atoms with E-state index in [0.29, 0.717) is 6.42 Å². The number of hydrogen-bond donors (Lipinski definition) is 0. The SMILES string of the molecule is C=CC[C@@H]1[C@@H]([C@@H](C=C)OC(C)=O)OC(C)(C)N1C(=O)OC(C)(C)C. The van der Waals surface area contributed by atoms with Gasteiger partial charge >= 0.3 is 12.1 Å². The third kappa shape index (κ3) is 4.84. The summed E-state index contributed by atoms with van der Waals surface area (Å²) in [5, 5.41) is 0. The highest BCUT2D eigenvalue weighted by Gasteiger charge is 2.53. The van der Waals surface area contributed by atoms with Crippen LogP contribution in [0.3, 0.4) is 0 Å². The second-order valence-corrected chi connectivity index (χ2v) is 7.28. The van der Waals surface area contributed by atoms with Gasteiger partial charge in [0.2, 0.25) is 0 Å². The topological polar surface area (TPSA) is 65.1 Å². The van der Waals surface area contributed by atoms with E-state index in [4.69, 9.17) is 14.2 Å². The predicted octanol–water partition coefficient (Wildman–Crippen LogP) is 3.42. The van der Waals surface area contributed by atoms with Gasteiger partial charge in [-0.1, -0.05) is 12.7 Å². The van der Waals surface area contributed by atoms with Gasteiger partial charge in [-0.15, -0.1) is 6.58 Å². The van der Waals surface area contributed by atoms with Crippen LogP contribution in [0, 0.1) is 0 Å². The maximum Gasteiger partial charge on any atom is 0.412 e. The molecule has 1 aliphatic rings. The van der Waals surface area contributed by atoms with Gasteiger partial charge in [0, 0.05) is 6.92 Å². The van der Waals surface area contributed by atoms with Crippen molar-refractivity contribution in [3.8, 4) is 0 Å². The molecule has 24 heavy (non-hydrogen) atoms. The molecule has 1 aliphatic heterocycles. The Labute approximate surface area is 144 Å². The maximum atomic E-state index is 12.7.